The van der Waals surface area contributed by atoms with Crippen molar-refractivity contribution in [2.45, 2.75) is 0 Å². The molecule has 0 saturated heterocycles. The number of anilines is 2. The van der Waals surface area contributed by atoms with E-state index in [9.17, 15) is 9.59 Å². The number of ether oxygens (including phenoxy) is 2. The normalized spacial score (nSPS) is 13.6. The number of para-hydroxylation sites is 1. The lowest BCUT2D eigenvalue weighted by Crippen LogP contribution is -2.32. The fraction of sp³-hybridized carbons (Fsp3) is 0.0833. The smallest absolute Gasteiger partial charge is 0.282 e. The molecule has 1 aliphatic heterocycles. The topological polar surface area (TPSA) is 67.9 Å². The van der Waals surface area contributed by atoms with Crippen LogP contribution in [0.5, 0.6) is 11.5 Å². The van der Waals surface area contributed by atoms with E-state index in [0.29, 0.717) is 33.5 Å². The van der Waals surface area contributed by atoms with Crippen LogP contribution in [0, 0.1) is 0 Å². The maximum absolute atomic E-state index is 13.4. The number of carbonyl (C=O) groups is 2. The molecule has 1 heterocycles. The number of benzene rings is 3. The molecule has 1 aliphatic rings. The largest absolute Gasteiger partial charge is 0.497 e. The third-order valence-electron chi connectivity index (χ3n) is 4.90. The second-order valence-electron chi connectivity index (χ2n) is 6.73. The average molecular weight is 435 g/mol. The Hall–Kier alpha value is -3.77. The van der Waals surface area contributed by atoms with Gasteiger partial charge in [0.15, 0.2) is 0 Å². The van der Waals surface area contributed by atoms with Crippen LogP contribution in [0.25, 0.3) is 5.57 Å². The minimum atomic E-state index is -0.450. The zero-order valence-electron chi connectivity index (χ0n) is 16.9. The maximum atomic E-state index is 13.4. The second-order valence-corrected chi connectivity index (χ2v) is 7.14. The molecule has 156 valence electrons. The zero-order valence-corrected chi connectivity index (χ0v) is 17.6. The first-order valence-corrected chi connectivity index (χ1v) is 9.84. The van der Waals surface area contributed by atoms with Crippen LogP contribution < -0.4 is 19.7 Å². The monoisotopic (exact) mass is 434 g/mol. The molecular weight excluding hydrogens is 416 g/mol. The van der Waals surface area contributed by atoms with E-state index in [-0.39, 0.29) is 11.3 Å². The number of halogens is 1. The lowest BCUT2D eigenvalue weighted by Gasteiger charge is -2.15. The summed E-state index contributed by atoms with van der Waals surface area (Å²) in [7, 11) is 3.09. The summed E-state index contributed by atoms with van der Waals surface area (Å²) in [4.78, 5) is 27.9. The molecular formula is C24H19ClN2O4. The summed E-state index contributed by atoms with van der Waals surface area (Å²) in [5.74, 6) is 0.297. The van der Waals surface area contributed by atoms with Gasteiger partial charge in [-0.3, -0.25) is 9.59 Å². The molecule has 6 nitrogen and oxygen atoms in total. The van der Waals surface area contributed by atoms with E-state index in [1.807, 2.05) is 6.07 Å². The standard InChI is InChI=1S/C24H19ClN2O4/c1-30-18-11-8-15(9-12-18)21-22(26-16-10-13-20(31-2)19(25)14-16)24(29)27(23(21)28)17-6-4-3-5-7-17/h3-14,26H,1-2H3. The lowest BCUT2D eigenvalue weighted by molar-refractivity contribution is -0.120. The molecule has 3 aromatic rings. The van der Waals surface area contributed by atoms with Crippen molar-refractivity contribution in [3.8, 4) is 11.5 Å². The van der Waals surface area contributed by atoms with Crippen molar-refractivity contribution >= 4 is 40.4 Å². The summed E-state index contributed by atoms with van der Waals surface area (Å²) in [6.45, 7) is 0. The Morgan fingerprint density at radius 1 is 0.839 bits per heavy atom. The Morgan fingerprint density at radius 3 is 2.16 bits per heavy atom. The molecule has 0 fully saturated rings. The summed E-state index contributed by atoms with van der Waals surface area (Å²) in [6, 6.07) is 20.8. The van der Waals surface area contributed by atoms with E-state index in [1.54, 1.807) is 73.8 Å². The Labute approximate surface area is 184 Å². The van der Waals surface area contributed by atoms with Gasteiger partial charge in [-0.25, -0.2) is 4.90 Å². The molecule has 2 amide bonds. The average Bonchev–Trinajstić information content (AvgIpc) is 3.04. The highest BCUT2D eigenvalue weighted by molar-refractivity contribution is 6.46. The summed E-state index contributed by atoms with van der Waals surface area (Å²) in [5, 5.41) is 3.47. The van der Waals surface area contributed by atoms with Crippen LogP contribution >= 0.6 is 11.6 Å². The highest BCUT2D eigenvalue weighted by Crippen LogP contribution is 2.35. The summed E-state index contributed by atoms with van der Waals surface area (Å²) in [6.07, 6.45) is 0. The lowest BCUT2D eigenvalue weighted by atomic mass is 10.0. The number of hydrogen-bond acceptors (Lipinski definition) is 5. The van der Waals surface area contributed by atoms with Gasteiger partial charge in [0.2, 0.25) is 0 Å². The molecule has 0 radical (unpaired) electrons. The van der Waals surface area contributed by atoms with Crippen LogP contribution in [-0.2, 0) is 9.59 Å². The van der Waals surface area contributed by atoms with Crippen LogP contribution in [0.1, 0.15) is 5.56 Å². The maximum Gasteiger partial charge on any atom is 0.282 e. The summed E-state index contributed by atoms with van der Waals surface area (Å²) < 4.78 is 10.4. The first-order chi connectivity index (χ1) is 15.0. The predicted molar refractivity (Wildman–Crippen MR) is 120 cm³/mol. The van der Waals surface area contributed by atoms with Crippen molar-refractivity contribution < 1.29 is 19.1 Å². The van der Waals surface area contributed by atoms with Crippen LogP contribution in [0.4, 0.5) is 11.4 Å². The molecule has 0 aliphatic carbocycles. The van der Waals surface area contributed by atoms with Crippen molar-refractivity contribution in [1.29, 1.82) is 0 Å². The number of carbonyl (C=O) groups excluding carboxylic acids is 2. The van der Waals surface area contributed by atoms with E-state index in [1.165, 1.54) is 7.11 Å². The van der Waals surface area contributed by atoms with Gasteiger partial charge in [-0.15, -0.1) is 0 Å². The molecule has 7 heteroatoms. The van der Waals surface area contributed by atoms with Gasteiger partial charge in [-0.2, -0.15) is 0 Å². The molecule has 0 saturated carbocycles. The number of nitrogens with one attached hydrogen (secondary N) is 1. The minimum Gasteiger partial charge on any atom is -0.497 e. The fourth-order valence-electron chi connectivity index (χ4n) is 3.37. The third kappa shape index (κ3) is 3.85. The molecule has 0 spiro atoms. The van der Waals surface area contributed by atoms with E-state index >= 15 is 0 Å². The SMILES string of the molecule is COc1ccc(C2=C(Nc3ccc(OC)c(Cl)c3)C(=O)N(c3ccccc3)C2=O)cc1. The van der Waals surface area contributed by atoms with Gasteiger partial charge in [-0.05, 0) is 48.0 Å². The predicted octanol–water partition coefficient (Wildman–Crippen LogP) is 4.75. The van der Waals surface area contributed by atoms with Crippen LogP contribution in [-0.4, -0.2) is 26.0 Å². The highest BCUT2D eigenvalue weighted by atomic mass is 35.5. The molecule has 0 aromatic heterocycles. The molecule has 4 rings (SSSR count). The first-order valence-electron chi connectivity index (χ1n) is 9.46. The van der Waals surface area contributed by atoms with E-state index < -0.39 is 11.8 Å². The highest BCUT2D eigenvalue weighted by Gasteiger charge is 2.40. The first kappa shape index (κ1) is 20.5. The number of nitrogens with zero attached hydrogens (tertiary/aromatic N) is 1. The van der Waals surface area contributed by atoms with E-state index in [2.05, 4.69) is 5.32 Å². The number of imide groups is 1. The Bertz CT molecular complexity index is 1170. The summed E-state index contributed by atoms with van der Waals surface area (Å²) in [5.41, 5.74) is 2.08. The molecule has 1 N–H and O–H groups in total. The summed E-state index contributed by atoms with van der Waals surface area (Å²) >= 11 is 6.23. The number of amides is 2. The van der Waals surface area contributed by atoms with Crippen LogP contribution in [0.3, 0.4) is 0 Å². The molecule has 0 atom stereocenters. The zero-order chi connectivity index (χ0) is 22.0. The third-order valence-corrected chi connectivity index (χ3v) is 5.19. The quantitative estimate of drug-likeness (QED) is 0.567. The minimum absolute atomic E-state index is 0.167. The van der Waals surface area contributed by atoms with Gasteiger partial charge in [0.1, 0.15) is 17.2 Å². The van der Waals surface area contributed by atoms with Gasteiger partial charge in [0.05, 0.1) is 30.5 Å². The number of rotatable bonds is 6. The van der Waals surface area contributed by atoms with Crippen LogP contribution in [0.15, 0.2) is 78.5 Å². The second kappa shape index (κ2) is 8.53. The van der Waals surface area contributed by atoms with E-state index in [0.717, 1.165) is 4.90 Å². The van der Waals surface area contributed by atoms with Gasteiger partial charge >= 0.3 is 0 Å². The van der Waals surface area contributed by atoms with Crippen molar-refractivity contribution in [3.05, 3.63) is 89.1 Å². The van der Waals surface area contributed by atoms with Crippen molar-refractivity contribution in [1.82, 2.24) is 0 Å². The Balaban J connectivity index is 1.80. The van der Waals surface area contributed by atoms with Gasteiger partial charge in [0, 0.05) is 5.69 Å². The molecule has 3 aromatic carbocycles. The molecule has 0 bridgehead atoms. The van der Waals surface area contributed by atoms with Gasteiger partial charge < -0.3 is 14.8 Å². The number of hydrogen-bond donors (Lipinski definition) is 1. The molecule has 31 heavy (non-hydrogen) atoms. The fourth-order valence-corrected chi connectivity index (χ4v) is 3.63. The van der Waals surface area contributed by atoms with E-state index in [4.69, 9.17) is 21.1 Å². The van der Waals surface area contributed by atoms with Gasteiger partial charge in [0.25, 0.3) is 11.8 Å². The Morgan fingerprint density at radius 2 is 1.55 bits per heavy atom. The van der Waals surface area contributed by atoms with Crippen molar-refractivity contribution in [3.63, 3.8) is 0 Å². The Kier molecular flexibility index (Phi) is 5.64. The van der Waals surface area contributed by atoms with Crippen LogP contribution in [0.2, 0.25) is 5.02 Å². The van der Waals surface area contributed by atoms with Crippen molar-refractivity contribution in [2.24, 2.45) is 0 Å². The molecule has 0 unspecified atom stereocenters. The van der Waals surface area contributed by atoms with Crippen molar-refractivity contribution in [2.75, 3.05) is 24.4 Å². The van der Waals surface area contributed by atoms with Gasteiger partial charge in [-0.1, -0.05) is 41.9 Å². The number of methoxy groups -OCH3 is 2.